The molecule has 9 heterocycles. The van der Waals surface area contributed by atoms with E-state index in [9.17, 15) is 13.9 Å². The molecular weight excluding hydrogens is 712 g/mol. The van der Waals surface area contributed by atoms with Crippen molar-refractivity contribution in [2.75, 3.05) is 30.4 Å². The summed E-state index contributed by atoms with van der Waals surface area (Å²) < 4.78 is 96.9. The van der Waals surface area contributed by atoms with Gasteiger partial charge in [-0.1, -0.05) is 0 Å². The Morgan fingerprint density at radius 3 is 2.08 bits per heavy atom. The molecule has 4 aromatic rings. The van der Waals surface area contributed by atoms with Gasteiger partial charge in [0.1, 0.15) is 47.9 Å². The zero-order valence-electron chi connectivity index (χ0n) is 26.7. The number of aryl methyl sites for hydroxylation is 2. The maximum absolute atomic E-state index is 16.4. The van der Waals surface area contributed by atoms with E-state index in [2.05, 4.69) is 25.6 Å². The van der Waals surface area contributed by atoms with Crippen molar-refractivity contribution in [3.63, 3.8) is 0 Å². The van der Waals surface area contributed by atoms with Gasteiger partial charge in [0, 0.05) is 42.6 Å². The van der Waals surface area contributed by atoms with Crippen LogP contribution >= 0.6 is 14.9 Å². The van der Waals surface area contributed by atoms with E-state index in [1.165, 1.54) is 15.5 Å². The Bertz CT molecular complexity index is 2160. The van der Waals surface area contributed by atoms with Gasteiger partial charge in [0.05, 0.1) is 18.6 Å². The summed E-state index contributed by atoms with van der Waals surface area (Å²) >= 11 is 0. The highest BCUT2D eigenvalue weighted by molar-refractivity contribution is 7.79. The zero-order chi connectivity index (χ0) is 35.2. The van der Waals surface area contributed by atoms with Crippen molar-refractivity contribution in [1.29, 1.82) is 0 Å². The van der Waals surface area contributed by atoms with Gasteiger partial charge in [-0.25, -0.2) is 23.7 Å². The molecule has 1 amide bonds. The highest BCUT2D eigenvalue weighted by atomic mass is 31.2. The molecule has 3 fully saturated rings. The molecule has 2 N–H and O–H groups in total. The molecule has 5 aliphatic rings. The van der Waals surface area contributed by atoms with E-state index in [0.717, 1.165) is 29.6 Å². The molecule has 4 radical (unpaired) electrons. The number of halogens is 2. The largest absolute Gasteiger partial charge is 0.384 e. The molecule has 0 aliphatic carbocycles. The lowest BCUT2D eigenvalue weighted by Crippen LogP contribution is -2.37. The summed E-state index contributed by atoms with van der Waals surface area (Å²) in [7, 11) is 2.76. The van der Waals surface area contributed by atoms with E-state index in [-0.39, 0.29) is 23.8 Å². The van der Waals surface area contributed by atoms with Crippen LogP contribution in [0.4, 0.5) is 20.3 Å². The number of amides is 1. The molecule has 22 heteroatoms. The highest BCUT2D eigenvalue weighted by Crippen LogP contribution is 2.54. The van der Waals surface area contributed by atoms with Crippen LogP contribution in [-0.4, -0.2) is 102 Å². The molecule has 10 atom stereocenters. The van der Waals surface area contributed by atoms with Crippen LogP contribution in [0.3, 0.4) is 0 Å². The third kappa shape index (κ3) is 5.84. The number of pyridine rings is 1. The van der Waals surface area contributed by atoms with Gasteiger partial charge in [0.15, 0.2) is 24.8 Å². The molecule has 16 nitrogen and oxygen atoms in total. The van der Waals surface area contributed by atoms with Crippen LogP contribution in [0.2, 0.25) is 0 Å². The van der Waals surface area contributed by atoms with Crippen molar-refractivity contribution in [3.05, 3.63) is 42.1 Å². The standard InChI is InChI=1S/C29H29B2F2N7O9P2/c30-50(42)45-11-17-24(22(33)29(47-17)40-9-14-3-4-18(41)38-25-20(14)27(40)37-12-36-25)49-51(31,43)44-10-16-23(48-50)21(32)28(46-16)39-8-13-2-1-6-34-15-5-7-35-26(39)19(13)15/h5,7-9,12,16-17,21-24,28-29,34H,1-4,6,10-11H2,(H,36,37,38,41)/t16-,17-,21+,22?,23?,24+,28-,29-,50?,51?/m1/s1. The summed E-state index contributed by atoms with van der Waals surface area (Å²) in [6.45, 7) is -0.599. The first-order valence-corrected chi connectivity index (χ1v) is 19.6. The number of ether oxygens (including phenoxy) is 2. The van der Waals surface area contributed by atoms with Gasteiger partial charge >= 0.3 is 0 Å². The first-order valence-electron chi connectivity index (χ1n) is 16.3. The Kier molecular flexibility index (Phi) is 8.20. The third-order valence-electron chi connectivity index (χ3n) is 9.75. The number of nitrogens with zero attached hydrogens (tertiary/aromatic N) is 5. The van der Waals surface area contributed by atoms with E-state index in [1.807, 2.05) is 6.07 Å². The zero-order valence-corrected chi connectivity index (χ0v) is 28.5. The minimum Gasteiger partial charge on any atom is -0.384 e. The Morgan fingerprint density at radius 2 is 1.43 bits per heavy atom. The number of hydrogen-bond acceptors (Lipinski definition) is 13. The fraction of sp³-hybridized carbons (Fsp3) is 0.517. The summed E-state index contributed by atoms with van der Waals surface area (Å²) in [6, 6.07) is 1.83. The minimum absolute atomic E-state index is 0.159. The highest BCUT2D eigenvalue weighted by Gasteiger charge is 2.54. The predicted molar refractivity (Wildman–Crippen MR) is 177 cm³/mol. The van der Waals surface area contributed by atoms with Crippen molar-refractivity contribution < 1.29 is 50.3 Å². The Labute approximate surface area is 291 Å². The van der Waals surface area contributed by atoms with Crippen LogP contribution < -0.4 is 10.6 Å². The summed E-state index contributed by atoms with van der Waals surface area (Å²) in [5.41, 5.74) is 3.14. The molecule has 5 aliphatic heterocycles. The Hall–Kier alpha value is -3.21. The Balaban J connectivity index is 1.00. The monoisotopic (exact) mass is 741 g/mol. The first kappa shape index (κ1) is 33.6. The lowest BCUT2D eigenvalue weighted by molar-refractivity contribution is -0.116. The van der Waals surface area contributed by atoms with Gasteiger partial charge in [0.2, 0.25) is 21.0 Å². The van der Waals surface area contributed by atoms with E-state index in [1.54, 1.807) is 18.6 Å². The number of alkyl halides is 2. The van der Waals surface area contributed by atoms with E-state index < -0.39 is 77.4 Å². The number of hydrogen-bond donors (Lipinski definition) is 2. The number of anilines is 2. The predicted octanol–water partition coefficient (Wildman–Crippen LogP) is 3.57. The summed E-state index contributed by atoms with van der Waals surface area (Å²) in [5.74, 6) is 0.0272. The van der Waals surface area contributed by atoms with Crippen LogP contribution in [0.25, 0.3) is 22.1 Å². The average molecular weight is 741 g/mol. The van der Waals surface area contributed by atoms with E-state index >= 15 is 8.78 Å². The van der Waals surface area contributed by atoms with Crippen LogP contribution in [0.15, 0.2) is 31.0 Å². The van der Waals surface area contributed by atoms with Gasteiger partial charge in [-0.2, -0.15) is 0 Å². The van der Waals surface area contributed by atoms with Crippen molar-refractivity contribution in [3.8, 4) is 0 Å². The number of carbonyl (C=O) groups is 1. The normalized spacial score (nSPS) is 37.0. The van der Waals surface area contributed by atoms with Crippen LogP contribution in [0, 0.1) is 0 Å². The minimum atomic E-state index is -4.60. The van der Waals surface area contributed by atoms with Gasteiger partial charge in [-0.3, -0.25) is 13.9 Å². The average Bonchev–Trinajstić information content (AvgIpc) is 3.74. The third-order valence-corrected chi connectivity index (χ3v) is 11.8. The fourth-order valence-corrected chi connectivity index (χ4v) is 9.50. The van der Waals surface area contributed by atoms with Crippen molar-refractivity contribution in [2.45, 2.75) is 74.9 Å². The second-order valence-corrected chi connectivity index (χ2v) is 16.1. The van der Waals surface area contributed by atoms with Crippen molar-refractivity contribution >= 4 is 69.6 Å². The van der Waals surface area contributed by atoms with Crippen LogP contribution in [-0.2, 0) is 54.3 Å². The number of nitrogens with one attached hydrogen (secondary N) is 2. The lowest BCUT2D eigenvalue weighted by atomic mass is 10.1. The number of fused-ring (bicyclic) bond motifs is 2. The lowest BCUT2D eigenvalue weighted by Gasteiger charge is -2.29. The summed E-state index contributed by atoms with van der Waals surface area (Å²) in [4.78, 5) is 25.1. The summed E-state index contributed by atoms with van der Waals surface area (Å²) in [5, 5.41) is 7.38. The van der Waals surface area contributed by atoms with Crippen molar-refractivity contribution in [1.82, 2.24) is 24.1 Å². The summed E-state index contributed by atoms with van der Waals surface area (Å²) in [6.07, 6.45) is -4.75. The Morgan fingerprint density at radius 1 is 0.824 bits per heavy atom. The maximum atomic E-state index is 16.4. The fourth-order valence-electron chi connectivity index (χ4n) is 7.48. The number of aromatic nitrogens is 5. The van der Waals surface area contributed by atoms with Gasteiger partial charge in [-0.15, -0.1) is 0 Å². The van der Waals surface area contributed by atoms with E-state index in [0.29, 0.717) is 29.4 Å². The number of carbonyl (C=O) groups excluding carboxylic acids is 1. The van der Waals surface area contributed by atoms with Crippen molar-refractivity contribution in [2.24, 2.45) is 0 Å². The molecule has 264 valence electrons. The molecule has 0 saturated carbocycles. The van der Waals surface area contributed by atoms with Gasteiger partial charge < -0.3 is 47.3 Å². The second kappa shape index (κ2) is 12.4. The molecular formula is C29H29B2F2N7O9P2. The molecule has 9 rings (SSSR count). The first-order chi connectivity index (χ1) is 24.5. The van der Waals surface area contributed by atoms with E-state index in [4.69, 9.17) is 42.7 Å². The molecule has 4 aromatic heterocycles. The maximum Gasteiger partial charge on any atom is 0.264 e. The topological polar surface area (TPSA) is 179 Å². The number of rotatable bonds is 2. The molecule has 3 saturated heterocycles. The molecule has 0 aromatic carbocycles. The quantitative estimate of drug-likeness (QED) is 0.225. The molecule has 51 heavy (non-hydrogen) atoms. The smallest absolute Gasteiger partial charge is 0.264 e. The molecule has 0 bridgehead atoms. The second-order valence-electron chi connectivity index (χ2n) is 13.0. The van der Waals surface area contributed by atoms with Gasteiger partial charge in [0.25, 0.3) is 14.9 Å². The van der Waals surface area contributed by atoms with Crippen LogP contribution in [0.1, 0.15) is 36.4 Å². The van der Waals surface area contributed by atoms with Gasteiger partial charge in [-0.05, 0) is 36.5 Å². The molecule has 0 spiro atoms. The van der Waals surface area contributed by atoms with Crippen LogP contribution in [0.5, 0.6) is 0 Å². The SMILES string of the molecule is [B]P1(=O)OC[C@H]2O[C@@H](n3cc4c5c(ncnc53)NC(=O)CC4)C(F)[C@H]2OP([B])(=O)OC[C@H]2O[C@@H](n3cc4c5c(ccnc53)NCCC4)[C@@H](F)C2O1. The molecule has 4 unspecified atom stereocenters.